The zero-order valence-corrected chi connectivity index (χ0v) is 19.9. The summed E-state index contributed by atoms with van der Waals surface area (Å²) in [4.78, 5) is 23.9. The number of piperidine rings is 1. The van der Waals surface area contributed by atoms with Crippen molar-refractivity contribution in [1.29, 1.82) is 5.26 Å². The van der Waals surface area contributed by atoms with Crippen molar-refractivity contribution >= 4 is 28.4 Å². The molecule has 0 atom stereocenters. The topological polar surface area (TPSA) is 108 Å². The van der Waals surface area contributed by atoms with Crippen molar-refractivity contribution < 1.29 is 13.6 Å². The van der Waals surface area contributed by atoms with E-state index in [0.717, 1.165) is 16.6 Å². The largest absolute Gasteiger partial charge is 0.459 e. The Bertz CT molecular complexity index is 1610. The third kappa shape index (κ3) is 4.55. The number of aromatic nitrogens is 2. The Morgan fingerprint density at radius 2 is 1.81 bits per heavy atom. The van der Waals surface area contributed by atoms with Crippen molar-refractivity contribution in [1.82, 2.24) is 9.97 Å². The molecule has 0 aliphatic carbocycles. The molecule has 1 N–H and O–H groups in total. The van der Waals surface area contributed by atoms with Crippen molar-refractivity contribution in [2.24, 2.45) is 5.92 Å². The van der Waals surface area contributed by atoms with Crippen molar-refractivity contribution in [3.05, 3.63) is 84.8 Å². The van der Waals surface area contributed by atoms with Crippen molar-refractivity contribution in [2.45, 2.75) is 12.8 Å². The fourth-order valence-electron chi connectivity index (χ4n) is 4.69. The van der Waals surface area contributed by atoms with Gasteiger partial charge in [-0.25, -0.2) is 4.98 Å². The number of oxazole rings is 1. The molecule has 3 aromatic heterocycles. The number of hydrogen-bond donors (Lipinski definition) is 1. The molecule has 5 aromatic rings. The van der Waals surface area contributed by atoms with Gasteiger partial charge in [0.15, 0.2) is 5.76 Å². The average molecular weight is 490 g/mol. The molecule has 2 aromatic carbocycles. The van der Waals surface area contributed by atoms with E-state index in [1.807, 2.05) is 35.2 Å². The number of anilines is 2. The first-order valence-corrected chi connectivity index (χ1v) is 12.1. The number of nitrogens with zero attached hydrogens (tertiary/aromatic N) is 4. The number of carbonyl (C=O) groups is 1. The van der Waals surface area contributed by atoms with Crippen LogP contribution in [-0.4, -0.2) is 29.0 Å². The maximum Gasteiger partial charge on any atom is 0.266 e. The lowest BCUT2D eigenvalue weighted by molar-refractivity contribution is -0.120. The molecular weight excluding hydrogens is 466 g/mol. The first-order chi connectivity index (χ1) is 18.2. The molecule has 1 aliphatic rings. The van der Waals surface area contributed by atoms with Gasteiger partial charge in [0.05, 0.1) is 12.0 Å². The quantitative estimate of drug-likeness (QED) is 0.329. The second-order valence-electron chi connectivity index (χ2n) is 8.98. The van der Waals surface area contributed by atoms with Gasteiger partial charge >= 0.3 is 0 Å². The molecule has 1 aliphatic heterocycles. The van der Waals surface area contributed by atoms with Crippen LogP contribution in [0.5, 0.6) is 0 Å². The van der Waals surface area contributed by atoms with E-state index in [-0.39, 0.29) is 23.4 Å². The van der Waals surface area contributed by atoms with Gasteiger partial charge in [0.2, 0.25) is 17.5 Å². The normalized spacial score (nSPS) is 14.0. The van der Waals surface area contributed by atoms with Crippen molar-refractivity contribution in [3.63, 3.8) is 0 Å². The van der Waals surface area contributed by atoms with Crippen LogP contribution in [-0.2, 0) is 4.79 Å². The standard InChI is InChI=1S/C29H23N5O3/c30-18-24-29(37-28(32-24)25-8-4-16-36-25)34-14-12-20(13-15-34)27(35)33-26-9-3-7-23(31-26)22-11-10-19-5-1-2-6-21(19)17-22/h1-11,16-17,20H,12-15H2,(H,31,33,35). The number of nitriles is 1. The Labute approximate surface area is 213 Å². The summed E-state index contributed by atoms with van der Waals surface area (Å²) >= 11 is 0. The summed E-state index contributed by atoms with van der Waals surface area (Å²) in [5.41, 5.74) is 2.02. The highest BCUT2D eigenvalue weighted by molar-refractivity contribution is 5.92. The Hall–Kier alpha value is -4.90. The monoisotopic (exact) mass is 489 g/mol. The molecule has 1 fully saturated rings. The molecule has 1 amide bonds. The minimum atomic E-state index is -0.166. The van der Waals surface area contributed by atoms with Gasteiger partial charge in [0, 0.05) is 24.6 Å². The van der Waals surface area contributed by atoms with E-state index in [9.17, 15) is 10.1 Å². The van der Waals surface area contributed by atoms with E-state index >= 15 is 0 Å². The number of furan rings is 1. The number of carbonyl (C=O) groups excluding carboxylic acids is 1. The molecule has 0 spiro atoms. The predicted octanol–water partition coefficient (Wildman–Crippen LogP) is 5.88. The Kier molecular flexibility index (Phi) is 5.87. The second kappa shape index (κ2) is 9.63. The number of rotatable bonds is 5. The van der Waals surface area contributed by atoms with E-state index < -0.39 is 0 Å². The summed E-state index contributed by atoms with van der Waals surface area (Å²) in [6.07, 6.45) is 2.78. The lowest BCUT2D eigenvalue weighted by Gasteiger charge is -2.30. The maximum absolute atomic E-state index is 13.0. The summed E-state index contributed by atoms with van der Waals surface area (Å²) in [6, 6.07) is 25.6. The van der Waals surface area contributed by atoms with Gasteiger partial charge in [-0.3, -0.25) is 4.79 Å². The highest BCUT2D eigenvalue weighted by Gasteiger charge is 2.29. The van der Waals surface area contributed by atoms with Crippen LogP contribution in [0.4, 0.5) is 11.7 Å². The van der Waals surface area contributed by atoms with Gasteiger partial charge in [0.1, 0.15) is 11.9 Å². The molecular formula is C29H23N5O3. The third-order valence-electron chi connectivity index (χ3n) is 6.65. The highest BCUT2D eigenvalue weighted by atomic mass is 16.4. The molecule has 1 saturated heterocycles. The zero-order valence-electron chi connectivity index (χ0n) is 19.9. The van der Waals surface area contributed by atoms with Crippen molar-refractivity contribution in [2.75, 3.05) is 23.3 Å². The summed E-state index contributed by atoms with van der Waals surface area (Å²) in [7, 11) is 0. The summed E-state index contributed by atoms with van der Waals surface area (Å²) in [5.74, 6) is 1.46. The number of nitrogens with one attached hydrogen (secondary N) is 1. The molecule has 6 rings (SSSR count). The minimum Gasteiger partial charge on any atom is -0.459 e. The Morgan fingerprint density at radius 1 is 0.973 bits per heavy atom. The molecule has 0 radical (unpaired) electrons. The van der Waals surface area contributed by atoms with Crippen LogP contribution in [0.25, 0.3) is 33.7 Å². The molecule has 8 heteroatoms. The summed E-state index contributed by atoms with van der Waals surface area (Å²) in [6.45, 7) is 1.15. The van der Waals surface area contributed by atoms with Gasteiger partial charge in [-0.1, -0.05) is 42.5 Å². The van der Waals surface area contributed by atoms with Gasteiger partial charge in [-0.15, -0.1) is 0 Å². The van der Waals surface area contributed by atoms with Crippen LogP contribution >= 0.6 is 0 Å². The highest BCUT2D eigenvalue weighted by Crippen LogP contribution is 2.32. The van der Waals surface area contributed by atoms with E-state index in [1.54, 1.807) is 18.2 Å². The summed E-state index contributed by atoms with van der Waals surface area (Å²) < 4.78 is 11.2. The zero-order chi connectivity index (χ0) is 25.2. The number of fused-ring (bicyclic) bond motifs is 1. The molecule has 4 heterocycles. The average Bonchev–Trinajstić information content (AvgIpc) is 3.63. The molecule has 182 valence electrons. The molecule has 0 unspecified atom stereocenters. The smallest absolute Gasteiger partial charge is 0.266 e. The van der Waals surface area contributed by atoms with Gasteiger partial charge in [0.25, 0.3) is 5.89 Å². The van der Waals surface area contributed by atoms with E-state index in [1.165, 1.54) is 11.6 Å². The number of pyridine rings is 1. The Balaban J connectivity index is 1.12. The van der Waals surface area contributed by atoms with Crippen LogP contribution < -0.4 is 10.2 Å². The maximum atomic E-state index is 13.0. The fourth-order valence-corrected chi connectivity index (χ4v) is 4.69. The number of benzene rings is 2. The summed E-state index contributed by atoms with van der Waals surface area (Å²) in [5, 5.41) is 14.8. The van der Waals surface area contributed by atoms with Crippen LogP contribution in [0.15, 0.2) is 87.9 Å². The van der Waals surface area contributed by atoms with Crippen LogP contribution in [0.1, 0.15) is 18.5 Å². The number of amides is 1. The Morgan fingerprint density at radius 3 is 2.59 bits per heavy atom. The van der Waals surface area contributed by atoms with Crippen LogP contribution in [0.2, 0.25) is 0 Å². The second-order valence-corrected chi connectivity index (χ2v) is 8.98. The lowest BCUT2D eigenvalue weighted by Crippen LogP contribution is -2.38. The van der Waals surface area contributed by atoms with E-state index in [4.69, 9.17) is 8.83 Å². The first kappa shape index (κ1) is 22.6. The third-order valence-corrected chi connectivity index (χ3v) is 6.65. The van der Waals surface area contributed by atoms with Gasteiger partial charge < -0.3 is 19.1 Å². The lowest BCUT2D eigenvalue weighted by atomic mass is 9.96. The van der Waals surface area contributed by atoms with E-state index in [2.05, 4.69) is 45.6 Å². The molecule has 0 saturated carbocycles. The van der Waals surface area contributed by atoms with Gasteiger partial charge in [-0.05, 0) is 53.9 Å². The van der Waals surface area contributed by atoms with Crippen molar-refractivity contribution in [3.8, 4) is 29.0 Å². The number of hydrogen-bond acceptors (Lipinski definition) is 7. The first-order valence-electron chi connectivity index (χ1n) is 12.1. The SMILES string of the molecule is N#Cc1nc(-c2ccco2)oc1N1CCC(C(=O)Nc2cccc(-c3ccc4ccccc4c3)n2)CC1. The molecule has 8 nitrogen and oxygen atoms in total. The van der Waals surface area contributed by atoms with Crippen LogP contribution in [0, 0.1) is 17.2 Å². The predicted molar refractivity (Wildman–Crippen MR) is 140 cm³/mol. The molecule has 37 heavy (non-hydrogen) atoms. The van der Waals surface area contributed by atoms with E-state index in [0.29, 0.717) is 43.4 Å². The minimum absolute atomic E-state index is 0.0582. The fraction of sp³-hybridized carbons (Fsp3) is 0.172. The van der Waals surface area contributed by atoms with Gasteiger partial charge in [-0.2, -0.15) is 10.2 Å². The molecule has 0 bridgehead atoms. The van der Waals surface area contributed by atoms with Crippen LogP contribution in [0.3, 0.4) is 0 Å².